The second-order valence-corrected chi connectivity index (χ2v) is 5.97. The monoisotopic (exact) mass is 339 g/mol. The number of hydrogen-bond donors (Lipinski definition) is 0. The van der Waals surface area contributed by atoms with Gasteiger partial charge in [-0.05, 0) is 12.1 Å². The Morgan fingerprint density at radius 2 is 2.21 bits per heavy atom. The maximum absolute atomic E-state index is 12.1. The van der Waals surface area contributed by atoms with Crippen LogP contribution in [0.15, 0.2) is 58.9 Å². The van der Waals surface area contributed by atoms with Gasteiger partial charge in [-0.3, -0.25) is 4.68 Å². The number of nitrogens with zero attached hydrogens (tertiary/aromatic N) is 3. The van der Waals surface area contributed by atoms with Crippen LogP contribution in [-0.4, -0.2) is 27.3 Å². The SMILES string of the molecule is O=C(OCCn1ncc2ccccc21)c1csc(-c2ccoc2)n1. The average molecular weight is 339 g/mol. The van der Waals surface area contributed by atoms with E-state index in [4.69, 9.17) is 9.15 Å². The summed E-state index contributed by atoms with van der Waals surface area (Å²) in [6.07, 6.45) is 4.97. The number of carbonyl (C=O) groups is 1. The maximum Gasteiger partial charge on any atom is 0.357 e. The zero-order valence-electron chi connectivity index (χ0n) is 12.6. The van der Waals surface area contributed by atoms with E-state index in [1.807, 2.05) is 28.9 Å². The molecule has 4 rings (SSSR count). The minimum atomic E-state index is -0.433. The molecule has 24 heavy (non-hydrogen) atoms. The molecule has 7 heteroatoms. The molecule has 4 aromatic rings. The van der Waals surface area contributed by atoms with Gasteiger partial charge < -0.3 is 9.15 Å². The fourth-order valence-corrected chi connectivity index (χ4v) is 3.16. The lowest BCUT2D eigenvalue weighted by atomic mass is 10.3. The highest BCUT2D eigenvalue weighted by atomic mass is 32.1. The lowest BCUT2D eigenvalue weighted by Gasteiger charge is -2.04. The molecule has 3 aromatic heterocycles. The molecule has 0 aliphatic heterocycles. The summed E-state index contributed by atoms with van der Waals surface area (Å²) in [7, 11) is 0. The number of furan rings is 1. The Morgan fingerprint density at radius 3 is 3.08 bits per heavy atom. The van der Waals surface area contributed by atoms with Crippen molar-refractivity contribution in [1.29, 1.82) is 0 Å². The number of aromatic nitrogens is 3. The molecule has 0 saturated heterocycles. The van der Waals surface area contributed by atoms with Crippen LogP contribution >= 0.6 is 11.3 Å². The second kappa shape index (κ2) is 6.29. The van der Waals surface area contributed by atoms with E-state index in [9.17, 15) is 4.79 Å². The van der Waals surface area contributed by atoms with Gasteiger partial charge in [0.15, 0.2) is 5.69 Å². The summed E-state index contributed by atoms with van der Waals surface area (Å²) in [5.74, 6) is -0.433. The second-order valence-electron chi connectivity index (χ2n) is 5.11. The van der Waals surface area contributed by atoms with Crippen LogP contribution in [0.25, 0.3) is 21.5 Å². The molecule has 3 heterocycles. The summed E-state index contributed by atoms with van der Waals surface area (Å²) in [4.78, 5) is 16.4. The van der Waals surface area contributed by atoms with Gasteiger partial charge in [-0.1, -0.05) is 18.2 Å². The minimum Gasteiger partial charge on any atom is -0.472 e. The first kappa shape index (κ1) is 14.6. The number of fused-ring (bicyclic) bond motifs is 1. The molecule has 0 saturated carbocycles. The fourth-order valence-electron chi connectivity index (χ4n) is 2.39. The van der Waals surface area contributed by atoms with E-state index in [-0.39, 0.29) is 6.61 Å². The highest BCUT2D eigenvalue weighted by Crippen LogP contribution is 2.24. The van der Waals surface area contributed by atoms with Gasteiger partial charge in [0, 0.05) is 16.3 Å². The fraction of sp³-hybridized carbons (Fsp3) is 0.118. The Bertz CT molecular complexity index is 972. The van der Waals surface area contributed by atoms with Crippen molar-refractivity contribution in [3.05, 3.63) is 60.1 Å². The topological polar surface area (TPSA) is 70.2 Å². The Hall–Kier alpha value is -2.93. The van der Waals surface area contributed by atoms with E-state index in [2.05, 4.69) is 10.1 Å². The van der Waals surface area contributed by atoms with Crippen molar-refractivity contribution >= 4 is 28.2 Å². The molecule has 0 N–H and O–H groups in total. The molecule has 0 atom stereocenters. The molecule has 0 fully saturated rings. The Labute approximate surface area is 141 Å². The summed E-state index contributed by atoms with van der Waals surface area (Å²) in [5, 5.41) is 7.79. The smallest absolute Gasteiger partial charge is 0.357 e. The van der Waals surface area contributed by atoms with E-state index < -0.39 is 5.97 Å². The van der Waals surface area contributed by atoms with Crippen LogP contribution < -0.4 is 0 Å². The molecule has 0 unspecified atom stereocenters. The molecular weight excluding hydrogens is 326 g/mol. The minimum absolute atomic E-state index is 0.239. The van der Waals surface area contributed by atoms with Crippen LogP contribution in [0, 0.1) is 0 Å². The zero-order chi connectivity index (χ0) is 16.4. The Morgan fingerprint density at radius 1 is 1.29 bits per heavy atom. The largest absolute Gasteiger partial charge is 0.472 e. The van der Waals surface area contributed by atoms with Crippen LogP contribution in [-0.2, 0) is 11.3 Å². The summed E-state index contributed by atoms with van der Waals surface area (Å²) < 4.78 is 12.1. The van der Waals surface area contributed by atoms with Gasteiger partial charge in [0.25, 0.3) is 0 Å². The lowest BCUT2D eigenvalue weighted by Crippen LogP contribution is -2.12. The molecule has 0 aliphatic rings. The number of rotatable bonds is 5. The number of ether oxygens (including phenoxy) is 1. The summed E-state index contributed by atoms with van der Waals surface area (Å²) in [5.41, 5.74) is 2.17. The third-order valence-corrected chi connectivity index (χ3v) is 4.46. The molecule has 0 spiro atoms. The number of para-hydroxylation sites is 1. The van der Waals surface area contributed by atoms with Gasteiger partial charge in [-0.2, -0.15) is 5.10 Å². The quantitative estimate of drug-likeness (QED) is 0.520. The highest BCUT2D eigenvalue weighted by Gasteiger charge is 2.14. The van der Waals surface area contributed by atoms with E-state index in [0.717, 1.165) is 21.5 Å². The number of carbonyl (C=O) groups excluding carboxylic acids is 1. The van der Waals surface area contributed by atoms with Crippen molar-refractivity contribution in [2.45, 2.75) is 6.54 Å². The van der Waals surface area contributed by atoms with Crippen LogP contribution in [0.5, 0.6) is 0 Å². The third kappa shape index (κ3) is 2.81. The molecule has 6 nitrogen and oxygen atoms in total. The highest BCUT2D eigenvalue weighted by molar-refractivity contribution is 7.13. The predicted octanol–water partition coefficient (Wildman–Crippen LogP) is 3.61. The van der Waals surface area contributed by atoms with Gasteiger partial charge >= 0.3 is 5.97 Å². The van der Waals surface area contributed by atoms with E-state index >= 15 is 0 Å². The lowest BCUT2D eigenvalue weighted by molar-refractivity contribution is 0.0483. The summed E-state index contributed by atoms with van der Waals surface area (Å²) in [6, 6.07) is 9.71. The number of hydrogen-bond acceptors (Lipinski definition) is 6. The first-order valence-corrected chi connectivity index (χ1v) is 8.25. The van der Waals surface area contributed by atoms with Crippen LogP contribution in [0.3, 0.4) is 0 Å². The molecular formula is C17H13N3O3S. The van der Waals surface area contributed by atoms with E-state index in [0.29, 0.717) is 12.2 Å². The maximum atomic E-state index is 12.1. The molecule has 0 aliphatic carbocycles. The number of thiazole rings is 1. The molecule has 120 valence electrons. The van der Waals surface area contributed by atoms with E-state index in [1.165, 1.54) is 11.3 Å². The number of esters is 1. The van der Waals surface area contributed by atoms with Crippen molar-refractivity contribution in [1.82, 2.24) is 14.8 Å². The Balaban J connectivity index is 1.38. The van der Waals surface area contributed by atoms with Gasteiger partial charge in [0.2, 0.25) is 0 Å². The number of benzene rings is 1. The van der Waals surface area contributed by atoms with Crippen molar-refractivity contribution in [2.24, 2.45) is 0 Å². The van der Waals surface area contributed by atoms with Crippen molar-refractivity contribution in [2.75, 3.05) is 6.61 Å². The van der Waals surface area contributed by atoms with E-state index in [1.54, 1.807) is 30.2 Å². The van der Waals surface area contributed by atoms with Crippen LogP contribution in [0.1, 0.15) is 10.5 Å². The van der Waals surface area contributed by atoms with Crippen LogP contribution in [0.2, 0.25) is 0 Å². The first-order chi connectivity index (χ1) is 11.8. The zero-order valence-corrected chi connectivity index (χ0v) is 13.4. The predicted molar refractivity (Wildman–Crippen MR) is 89.8 cm³/mol. The van der Waals surface area contributed by atoms with Gasteiger partial charge in [0.05, 0.1) is 24.5 Å². The first-order valence-electron chi connectivity index (χ1n) is 7.37. The molecule has 0 bridgehead atoms. The molecule has 0 amide bonds. The van der Waals surface area contributed by atoms with Gasteiger partial charge in [-0.15, -0.1) is 11.3 Å². The van der Waals surface area contributed by atoms with Gasteiger partial charge in [-0.25, -0.2) is 9.78 Å². The van der Waals surface area contributed by atoms with Gasteiger partial charge in [0.1, 0.15) is 17.9 Å². The normalized spacial score (nSPS) is 11.0. The standard InChI is InChI=1S/C17H13N3O3S/c21-17(14-11-24-16(19-14)13-5-7-22-10-13)23-8-6-20-15-4-2-1-3-12(15)9-18-20/h1-5,7,9-11H,6,8H2. The summed E-state index contributed by atoms with van der Waals surface area (Å²) >= 11 is 1.38. The van der Waals surface area contributed by atoms with Crippen LogP contribution in [0.4, 0.5) is 0 Å². The summed E-state index contributed by atoms with van der Waals surface area (Å²) in [6.45, 7) is 0.737. The van der Waals surface area contributed by atoms with Crippen molar-refractivity contribution in [3.63, 3.8) is 0 Å². The Kier molecular flexibility index (Phi) is 3.84. The third-order valence-electron chi connectivity index (χ3n) is 3.57. The van der Waals surface area contributed by atoms with Crippen molar-refractivity contribution in [3.8, 4) is 10.6 Å². The average Bonchev–Trinajstić information content (AvgIpc) is 3.35. The molecule has 1 aromatic carbocycles. The van der Waals surface area contributed by atoms with Crippen molar-refractivity contribution < 1.29 is 13.9 Å². The molecule has 0 radical (unpaired) electrons.